The van der Waals surface area contributed by atoms with Gasteiger partial charge in [0.2, 0.25) is 5.91 Å². The molecule has 3 nitrogen and oxygen atoms in total. The van der Waals surface area contributed by atoms with E-state index in [-0.39, 0.29) is 11.8 Å². The molecule has 1 rings (SSSR count). The molecule has 0 aliphatic carbocycles. The summed E-state index contributed by atoms with van der Waals surface area (Å²) in [6.07, 6.45) is 1.86. The van der Waals surface area contributed by atoms with E-state index < -0.39 is 0 Å². The fourth-order valence-electron chi connectivity index (χ4n) is 1.60. The van der Waals surface area contributed by atoms with Crippen LogP contribution in [0.4, 0.5) is 0 Å². The van der Waals surface area contributed by atoms with Crippen LogP contribution in [0.1, 0.15) is 29.5 Å². The summed E-state index contributed by atoms with van der Waals surface area (Å²) in [7, 11) is 0. The van der Waals surface area contributed by atoms with Gasteiger partial charge in [0, 0.05) is 16.3 Å². The zero-order valence-electron chi connectivity index (χ0n) is 9.95. The number of aryl methyl sites for hydroxylation is 1. The summed E-state index contributed by atoms with van der Waals surface area (Å²) < 4.78 is 0. The molecular weight excluding hydrogens is 220 g/mol. The van der Waals surface area contributed by atoms with E-state index in [4.69, 9.17) is 5.73 Å². The highest BCUT2D eigenvalue weighted by Crippen LogP contribution is 2.14. The summed E-state index contributed by atoms with van der Waals surface area (Å²) in [6.45, 7) is 5.19. The highest BCUT2D eigenvalue weighted by molar-refractivity contribution is 7.11. The van der Waals surface area contributed by atoms with Crippen LogP contribution in [0, 0.1) is 12.8 Å². The van der Waals surface area contributed by atoms with Crippen LogP contribution in [0.3, 0.4) is 0 Å². The average Bonchev–Trinajstić information content (AvgIpc) is 2.68. The number of carbonyl (C=O) groups excluding carboxylic acids is 1. The zero-order valence-corrected chi connectivity index (χ0v) is 10.8. The smallest absolute Gasteiger partial charge is 0.224 e. The SMILES string of the molecule is CCCC(CN)C(=O)NCc1ccc(C)s1. The summed E-state index contributed by atoms with van der Waals surface area (Å²) in [4.78, 5) is 14.2. The second-order valence-corrected chi connectivity index (χ2v) is 5.32. The molecule has 0 spiro atoms. The fourth-order valence-corrected chi connectivity index (χ4v) is 2.43. The quantitative estimate of drug-likeness (QED) is 0.799. The number of nitrogens with one attached hydrogen (secondary N) is 1. The van der Waals surface area contributed by atoms with Crippen molar-refractivity contribution in [1.29, 1.82) is 0 Å². The molecule has 16 heavy (non-hydrogen) atoms. The van der Waals surface area contributed by atoms with E-state index in [0.29, 0.717) is 13.1 Å². The van der Waals surface area contributed by atoms with Crippen molar-refractivity contribution in [2.45, 2.75) is 33.2 Å². The zero-order chi connectivity index (χ0) is 12.0. The topological polar surface area (TPSA) is 55.1 Å². The third-order valence-electron chi connectivity index (χ3n) is 2.53. The van der Waals surface area contributed by atoms with Crippen LogP contribution in [-0.4, -0.2) is 12.5 Å². The van der Waals surface area contributed by atoms with E-state index in [9.17, 15) is 4.79 Å². The lowest BCUT2D eigenvalue weighted by Gasteiger charge is -2.13. The van der Waals surface area contributed by atoms with Gasteiger partial charge < -0.3 is 11.1 Å². The minimum absolute atomic E-state index is 0.0361. The average molecular weight is 240 g/mol. The molecule has 1 atom stereocenters. The van der Waals surface area contributed by atoms with Gasteiger partial charge in [-0.1, -0.05) is 13.3 Å². The van der Waals surface area contributed by atoms with Gasteiger partial charge in [-0.05, 0) is 25.5 Å². The van der Waals surface area contributed by atoms with Crippen molar-refractivity contribution in [3.05, 3.63) is 21.9 Å². The van der Waals surface area contributed by atoms with Gasteiger partial charge >= 0.3 is 0 Å². The first-order chi connectivity index (χ1) is 7.67. The molecule has 0 aromatic carbocycles. The molecule has 0 bridgehead atoms. The van der Waals surface area contributed by atoms with Crippen molar-refractivity contribution in [3.63, 3.8) is 0 Å². The largest absolute Gasteiger partial charge is 0.351 e. The molecule has 1 aromatic heterocycles. The summed E-state index contributed by atoms with van der Waals surface area (Å²) in [5, 5.41) is 2.94. The van der Waals surface area contributed by atoms with Gasteiger partial charge in [-0.3, -0.25) is 4.79 Å². The Morgan fingerprint density at radius 1 is 1.56 bits per heavy atom. The van der Waals surface area contributed by atoms with Gasteiger partial charge in [-0.25, -0.2) is 0 Å². The third kappa shape index (κ3) is 3.94. The Labute approximate surface area is 101 Å². The standard InChI is InChI=1S/C12H20N2OS/c1-3-4-10(7-13)12(15)14-8-11-6-5-9(2)16-11/h5-6,10H,3-4,7-8,13H2,1-2H3,(H,14,15). The molecule has 0 aliphatic rings. The molecular formula is C12H20N2OS. The molecule has 4 heteroatoms. The van der Waals surface area contributed by atoms with Crippen molar-refractivity contribution < 1.29 is 4.79 Å². The maximum absolute atomic E-state index is 11.8. The fraction of sp³-hybridized carbons (Fsp3) is 0.583. The van der Waals surface area contributed by atoms with Crippen LogP contribution < -0.4 is 11.1 Å². The number of rotatable bonds is 6. The van der Waals surface area contributed by atoms with Crippen molar-refractivity contribution >= 4 is 17.2 Å². The van der Waals surface area contributed by atoms with Gasteiger partial charge in [-0.2, -0.15) is 0 Å². The predicted molar refractivity (Wildman–Crippen MR) is 68.4 cm³/mol. The highest BCUT2D eigenvalue weighted by atomic mass is 32.1. The Morgan fingerprint density at radius 3 is 2.81 bits per heavy atom. The van der Waals surface area contributed by atoms with E-state index in [0.717, 1.165) is 12.8 Å². The monoisotopic (exact) mass is 240 g/mol. The van der Waals surface area contributed by atoms with Crippen LogP contribution in [0.5, 0.6) is 0 Å². The molecule has 1 unspecified atom stereocenters. The lowest BCUT2D eigenvalue weighted by molar-refractivity contribution is -0.125. The molecule has 0 saturated heterocycles. The maximum Gasteiger partial charge on any atom is 0.224 e. The second-order valence-electron chi connectivity index (χ2n) is 3.95. The van der Waals surface area contributed by atoms with Gasteiger partial charge in [0.05, 0.1) is 12.5 Å². The van der Waals surface area contributed by atoms with Crippen molar-refractivity contribution in [2.75, 3.05) is 6.54 Å². The normalized spacial score (nSPS) is 12.4. The van der Waals surface area contributed by atoms with E-state index in [2.05, 4.69) is 31.3 Å². The van der Waals surface area contributed by atoms with Crippen molar-refractivity contribution in [3.8, 4) is 0 Å². The molecule has 1 aromatic rings. The van der Waals surface area contributed by atoms with Crippen molar-refractivity contribution in [2.24, 2.45) is 11.7 Å². The van der Waals surface area contributed by atoms with Gasteiger partial charge in [0.15, 0.2) is 0 Å². The summed E-state index contributed by atoms with van der Waals surface area (Å²) >= 11 is 1.72. The molecule has 3 N–H and O–H groups in total. The lowest BCUT2D eigenvalue weighted by Crippen LogP contribution is -2.34. The molecule has 0 aliphatic heterocycles. The van der Waals surface area contributed by atoms with E-state index in [1.54, 1.807) is 11.3 Å². The number of hydrogen-bond acceptors (Lipinski definition) is 3. The van der Waals surface area contributed by atoms with Gasteiger partial charge in [0.1, 0.15) is 0 Å². The van der Waals surface area contributed by atoms with Crippen molar-refractivity contribution in [1.82, 2.24) is 5.32 Å². The molecule has 0 radical (unpaired) electrons. The number of nitrogens with two attached hydrogens (primary N) is 1. The van der Waals surface area contributed by atoms with E-state index in [1.807, 2.05) is 0 Å². The summed E-state index contributed by atoms with van der Waals surface area (Å²) in [6, 6.07) is 4.12. The number of hydrogen-bond donors (Lipinski definition) is 2. The number of carbonyl (C=O) groups is 1. The first-order valence-electron chi connectivity index (χ1n) is 5.70. The minimum Gasteiger partial charge on any atom is -0.351 e. The van der Waals surface area contributed by atoms with Crippen LogP contribution in [0.15, 0.2) is 12.1 Å². The van der Waals surface area contributed by atoms with Crippen LogP contribution in [0.25, 0.3) is 0 Å². The summed E-state index contributed by atoms with van der Waals surface area (Å²) in [5.41, 5.74) is 5.57. The Bertz CT molecular complexity index is 336. The van der Waals surface area contributed by atoms with Crippen LogP contribution in [-0.2, 0) is 11.3 Å². The summed E-state index contributed by atoms with van der Waals surface area (Å²) in [5.74, 6) is 0.0430. The maximum atomic E-state index is 11.8. The van der Waals surface area contributed by atoms with Gasteiger partial charge in [-0.15, -0.1) is 11.3 Å². The first kappa shape index (κ1) is 13.2. The molecule has 1 heterocycles. The van der Waals surface area contributed by atoms with Gasteiger partial charge in [0.25, 0.3) is 0 Å². The Kier molecular flexibility index (Phi) is 5.49. The number of amides is 1. The molecule has 0 saturated carbocycles. The highest BCUT2D eigenvalue weighted by Gasteiger charge is 2.15. The first-order valence-corrected chi connectivity index (χ1v) is 6.52. The van der Waals surface area contributed by atoms with Crippen LogP contribution >= 0.6 is 11.3 Å². The van der Waals surface area contributed by atoms with Crippen LogP contribution in [0.2, 0.25) is 0 Å². The molecule has 1 amide bonds. The van der Waals surface area contributed by atoms with E-state index in [1.165, 1.54) is 9.75 Å². The Hall–Kier alpha value is -0.870. The Morgan fingerprint density at radius 2 is 2.31 bits per heavy atom. The predicted octanol–water partition coefficient (Wildman–Crippen LogP) is 2.05. The second kappa shape index (κ2) is 6.66. The lowest BCUT2D eigenvalue weighted by atomic mass is 10.0. The molecule has 0 fully saturated rings. The van der Waals surface area contributed by atoms with E-state index >= 15 is 0 Å². The molecule has 90 valence electrons. The number of thiophene rings is 1. The Balaban J connectivity index is 2.39. The minimum atomic E-state index is -0.0361. The third-order valence-corrected chi connectivity index (χ3v) is 3.53.